The maximum Gasteiger partial charge on any atom is 0.308 e. The molecule has 4 saturated heterocycles. The molecule has 4 fully saturated rings. The summed E-state index contributed by atoms with van der Waals surface area (Å²) >= 11 is 0. The van der Waals surface area contributed by atoms with E-state index in [0.717, 1.165) is 73.4 Å². The fraction of sp³-hybridized carbons (Fsp3) is 0.600. The van der Waals surface area contributed by atoms with Crippen molar-refractivity contribution >= 4 is 23.9 Å². The molecule has 0 saturated carbocycles. The van der Waals surface area contributed by atoms with Gasteiger partial charge in [-0.1, -0.05) is 0 Å². The molecule has 270 valence electrons. The maximum atomic E-state index is 12.8. The van der Waals surface area contributed by atoms with E-state index in [1.807, 2.05) is 48.5 Å². The van der Waals surface area contributed by atoms with Crippen molar-refractivity contribution in [3.63, 3.8) is 0 Å². The number of hydrogen-bond acceptors (Lipinski definition) is 8. The van der Waals surface area contributed by atoms with Gasteiger partial charge in [-0.15, -0.1) is 0 Å². The molecule has 10 heteroatoms. The number of rotatable bonds is 13. The van der Waals surface area contributed by atoms with E-state index >= 15 is 0 Å². The molecule has 10 nitrogen and oxygen atoms in total. The topological polar surface area (TPSA) is 105 Å². The largest absolute Gasteiger partial charge is 0.462 e. The van der Waals surface area contributed by atoms with Crippen molar-refractivity contribution in [3.8, 4) is 11.5 Å². The van der Waals surface area contributed by atoms with Crippen molar-refractivity contribution in [3.05, 3.63) is 59.7 Å². The van der Waals surface area contributed by atoms with E-state index in [-0.39, 0.29) is 36.1 Å². The van der Waals surface area contributed by atoms with E-state index in [1.54, 1.807) is 0 Å². The second kappa shape index (κ2) is 15.2. The summed E-state index contributed by atoms with van der Waals surface area (Å²) in [5, 5.41) is 0. The highest BCUT2D eigenvalue weighted by molar-refractivity contribution is 5.71. The van der Waals surface area contributed by atoms with Crippen LogP contribution in [0.25, 0.3) is 0 Å². The molecule has 4 aliphatic heterocycles. The molecule has 4 unspecified atom stereocenters. The Balaban J connectivity index is 0.883. The van der Waals surface area contributed by atoms with Crippen LogP contribution in [-0.4, -0.2) is 83.3 Å². The van der Waals surface area contributed by atoms with Crippen LogP contribution in [0.4, 0.5) is 0 Å². The molecule has 0 N–H and O–H groups in total. The highest BCUT2D eigenvalue weighted by Crippen LogP contribution is 2.45. The summed E-state index contributed by atoms with van der Waals surface area (Å²) < 4.78 is 24.2. The molecule has 0 spiro atoms. The average molecular weight is 691 g/mol. The predicted octanol–water partition coefficient (Wildman–Crippen LogP) is 6.16. The van der Waals surface area contributed by atoms with Gasteiger partial charge in [0.15, 0.2) is 0 Å². The van der Waals surface area contributed by atoms with E-state index in [1.165, 1.54) is 25.0 Å². The Labute approximate surface area is 296 Å². The molecule has 2 aromatic carbocycles. The van der Waals surface area contributed by atoms with Crippen molar-refractivity contribution in [2.45, 2.75) is 140 Å². The fourth-order valence-corrected chi connectivity index (χ4v) is 9.57. The zero-order chi connectivity index (χ0) is 35.5. The second-order valence-electron chi connectivity index (χ2n) is 15.6. The zero-order valence-corrected chi connectivity index (χ0v) is 30.1. The predicted molar refractivity (Wildman–Crippen MR) is 186 cm³/mol. The number of ether oxygens (including phenoxy) is 4. The third-order valence-electron chi connectivity index (χ3n) is 12.2. The molecular formula is C40H54N2O8+2. The lowest BCUT2D eigenvalue weighted by Crippen LogP contribution is -2.58. The van der Waals surface area contributed by atoms with Gasteiger partial charge in [0.05, 0.1) is 38.3 Å². The van der Waals surface area contributed by atoms with Crippen LogP contribution in [0.2, 0.25) is 0 Å². The molecule has 0 aromatic heterocycles. The average Bonchev–Trinajstić information content (AvgIpc) is 3.29. The van der Waals surface area contributed by atoms with Crippen molar-refractivity contribution in [1.82, 2.24) is 0 Å². The van der Waals surface area contributed by atoms with Gasteiger partial charge in [-0.25, -0.2) is 0 Å². The van der Waals surface area contributed by atoms with Crippen LogP contribution in [0.1, 0.15) is 102 Å². The Morgan fingerprint density at radius 2 is 0.880 bits per heavy atom. The molecule has 6 rings (SSSR count). The van der Waals surface area contributed by atoms with Crippen LogP contribution in [-0.2, 0) is 41.7 Å². The molecule has 4 aliphatic rings. The van der Waals surface area contributed by atoms with Crippen molar-refractivity contribution in [1.29, 1.82) is 0 Å². The molecule has 0 aliphatic carbocycles. The minimum absolute atomic E-state index is 0.0478. The molecule has 50 heavy (non-hydrogen) atoms. The van der Waals surface area contributed by atoms with E-state index in [4.69, 9.17) is 18.9 Å². The van der Waals surface area contributed by atoms with Crippen molar-refractivity contribution < 1.29 is 47.1 Å². The first kappa shape index (κ1) is 36.0. The van der Waals surface area contributed by atoms with Gasteiger partial charge in [0.1, 0.15) is 36.8 Å². The lowest BCUT2D eigenvalue weighted by Gasteiger charge is -2.47. The van der Waals surface area contributed by atoms with Crippen LogP contribution < -0.4 is 9.47 Å². The van der Waals surface area contributed by atoms with Gasteiger partial charge in [-0.3, -0.25) is 19.2 Å². The van der Waals surface area contributed by atoms with Crippen LogP contribution in [0.15, 0.2) is 48.5 Å². The van der Waals surface area contributed by atoms with Gasteiger partial charge in [-0.05, 0) is 61.4 Å². The molecule has 2 aromatic rings. The first-order valence-electron chi connectivity index (χ1n) is 18.5. The van der Waals surface area contributed by atoms with Crippen LogP contribution >= 0.6 is 0 Å². The number of carbonyl (C=O) groups is 4. The summed E-state index contributed by atoms with van der Waals surface area (Å²) in [5.74, 6) is 0.154. The number of unbranched alkanes of at least 4 members (excludes halogenated alkanes) is 1. The van der Waals surface area contributed by atoms with Crippen LogP contribution in [0.5, 0.6) is 11.5 Å². The first-order chi connectivity index (χ1) is 23.9. The number of nitrogens with zero attached hydrogens (tertiary/aromatic N) is 2. The lowest BCUT2D eigenvalue weighted by molar-refractivity contribution is -0.961. The SMILES string of the molecule is CC(=O)Oc1ccc(C[N+]2(C)C3CCC2CC(OC(=O)CCCCC(=O)OC2CC4CCC(C2)[N+]4(C)Cc2ccc(OC(C)=O)cc2)C3)cc1. The number of carbonyl (C=O) groups excluding carboxylic acids is 4. The van der Waals surface area contributed by atoms with Gasteiger partial charge in [0, 0.05) is 89.2 Å². The Bertz CT molecular complexity index is 1400. The van der Waals surface area contributed by atoms with E-state index in [0.29, 0.717) is 61.3 Å². The number of piperidine rings is 2. The third kappa shape index (κ3) is 8.40. The molecule has 0 amide bonds. The van der Waals surface area contributed by atoms with Gasteiger partial charge in [0.25, 0.3) is 0 Å². The van der Waals surface area contributed by atoms with Gasteiger partial charge >= 0.3 is 23.9 Å². The Morgan fingerprint density at radius 3 is 1.18 bits per heavy atom. The normalized spacial score (nSPS) is 31.1. The highest BCUT2D eigenvalue weighted by Gasteiger charge is 2.53. The summed E-state index contributed by atoms with van der Waals surface area (Å²) in [7, 11) is 4.65. The van der Waals surface area contributed by atoms with Crippen LogP contribution in [0, 0.1) is 0 Å². The van der Waals surface area contributed by atoms with Gasteiger partial charge in [-0.2, -0.15) is 0 Å². The lowest BCUT2D eigenvalue weighted by atomic mass is 9.95. The van der Waals surface area contributed by atoms with Crippen molar-refractivity contribution in [2.75, 3.05) is 14.1 Å². The quantitative estimate of drug-likeness (QED) is 0.107. The highest BCUT2D eigenvalue weighted by atomic mass is 16.6. The molecule has 4 bridgehead atoms. The molecular weight excluding hydrogens is 636 g/mol. The summed E-state index contributed by atoms with van der Waals surface area (Å²) in [5.41, 5.74) is 2.42. The fourth-order valence-electron chi connectivity index (χ4n) is 9.57. The summed E-state index contributed by atoms with van der Waals surface area (Å²) in [4.78, 5) is 48.1. The van der Waals surface area contributed by atoms with Gasteiger partial charge < -0.3 is 27.9 Å². The Hall–Kier alpha value is -3.76. The second-order valence-corrected chi connectivity index (χ2v) is 15.6. The third-order valence-corrected chi connectivity index (χ3v) is 12.2. The maximum absolute atomic E-state index is 12.8. The van der Waals surface area contributed by atoms with E-state index in [9.17, 15) is 19.2 Å². The smallest absolute Gasteiger partial charge is 0.308 e. The zero-order valence-electron chi connectivity index (χ0n) is 30.1. The minimum atomic E-state index is -0.320. The van der Waals surface area contributed by atoms with Crippen molar-refractivity contribution in [2.24, 2.45) is 0 Å². The standard InChI is InChI=1S/C40H54N2O8/c1-27(43)47-35-17-9-29(10-18-35)25-41(3)31-13-14-32(41)22-37(21-31)49-39(45)7-5-6-8-40(46)50-38-23-33-15-16-34(24-38)42(33,4)26-30-11-19-36(20-12-30)48-28(2)44/h9-12,17-20,31-34,37-38H,5-8,13-16,21-26H2,1-4H3/q+2. The Kier molecular flexibility index (Phi) is 11.0. The Morgan fingerprint density at radius 1 is 0.560 bits per heavy atom. The number of esters is 4. The summed E-state index contributed by atoms with van der Waals surface area (Å²) in [6.07, 6.45) is 9.83. The molecule has 4 heterocycles. The summed E-state index contributed by atoms with van der Waals surface area (Å²) in [6.45, 7) is 4.62. The number of hydrogen-bond donors (Lipinski definition) is 0. The van der Waals surface area contributed by atoms with E-state index < -0.39 is 0 Å². The van der Waals surface area contributed by atoms with Gasteiger partial charge in [0.2, 0.25) is 0 Å². The number of benzene rings is 2. The molecule has 0 radical (unpaired) electrons. The molecule has 4 atom stereocenters. The monoisotopic (exact) mass is 690 g/mol. The van der Waals surface area contributed by atoms with Crippen LogP contribution in [0.3, 0.4) is 0 Å². The summed E-state index contributed by atoms with van der Waals surface area (Å²) in [6, 6.07) is 17.3. The number of fused-ring (bicyclic) bond motifs is 4. The minimum Gasteiger partial charge on any atom is -0.462 e. The first-order valence-corrected chi connectivity index (χ1v) is 18.5. The number of quaternary nitrogens is 2. The van der Waals surface area contributed by atoms with E-state index in [2.05, 4.69) is 14.1 Å².